The summed E-state index contributed by atoms with van der Waals surface area (Å²) in [5, 5.41) is 2.46. The van der Waals surface area contributed by atoms with Gasteiger partial charge in [-0.05, 0) is 91.7 Å². The van der Waals surface area contributed by atoms with Crippen LogP contribution in [0.4, 0.5) is 0 Å². The van der Waals surface area contributed by atoms with Crippen LogP contribution in [0.3, 0.4) is 0 Å². The minimum atomic E-state index is 0.978. The zero-order valence-corrected chi connectivity index (χ0v) is 30.1. The minimum absolute atomic E-state index is 0.978. The number of para-hydroxylation sites is 4. The molecule has 0 spiro atoms. The summed E-state index contributed by atoms with van der Waals surface area (Å²) in [5.41, 5.74) is 16.1. The van der Waals surface area contributed by atoms with E-state index in [-0.39, 0.29) is 0 Å². The molecule has 0 aliphatic carbocycles. The molecule has 10 rings (SSSR count). The summed E-state index contributed by atoms with van der Waals surface area (Å²) in [6.45, 7) is 0. The molecule has 10 aromatic rings. The molecule has 0 aliphatic rings. The lowest BCUT2D eigenvalue weighted by Gasteiger charge is -2.10. The number of rotatable bonds is 6. The van der Waals surface area contributed by atoms with Crippen LogP contribution in [0.15, 0.2) is 182 Å². The highest BCUT2D eigenvalue weighted by molar-refractivity contribution is 5.91. The van der Waals surface area contributed by atoms with E-state index in [1.54, 1.807) is 0 Å². The van der Waals surface area contributed by atoms with E-state index in [4.69, 9.17) is 9.97 Å². The smallest absolute Gasteiger partial charge is 0.140 e. The SMILES string of the molecule is Cn1c(-c2ccc(-c3ccc(-c4ccc5ccc(-c6ccc(-c7ccc(-c8nc9ccccc9n8C)cc7)cc6)cc5c4)cc3)cc2)nc2ccccc21. The van der Waals surface area contributed by atoms with E-state index in [2.05, 4.69) is 193 Å². The molecule has 0 unspecified atom stereocenters. The maximum atomic E-state index is 4.87. The molecule has 0 radical (unpaired) electrons. The zero-order chi connectivity index (χ0) is 36.2. The molecule has 2 heterocycles. The van der Waals surface area contributed by atoms with Crippen LogP contribution in [0.2, 0.25) is 0 Å². The summed E-state index contributed by atoms with van der Waals surface area (Å²) >= 11 is 0. The summed E-state index contributed by atoms with van der Waals surface area (Å²) < 4.78 is 4.32. The van der Waals surface area contributed by atoms with Crippen molar-refractivity contribution >= 4 is 32.8 Å². The Hall–Kier alpha value is -7.04. The van der Waals surface area contributed by atoms with Crippen molar-refractivity contribution in [2.75, 3.05) is 0 Å². The fraction of sp³-hybridized carbons (Fsp3) is 0.0400. The Bertz CT molecular complexity index is 2760. The Balaban J connectivity index is 0.862. The molecule has 0 saturated carbocycles. The summed E-state index contributed by atoms with van der Waals surface area (Å²) in [7, 11) is 4.16. The molecule has 0 N–H and O–H groups in total. The quantitative estimate of drug-likeness (QED) is 0.174. The van der Waals surface area contributed by atoms with E-state index in [0.29, 0.717) is 0 Å². The predicted octanol–water partition coefficient (Wildman–Crippen LogP) is 12.6. The van der Waals surface area contributed by atoms with Gasteiger partial charge in [0.05, 0.1) is 22.1 Å². The van der Waals surface area contributed by atoms with Crippen LogP contribution in [0, 0.1) is 0 Å². The number of hydrogen-bond acceptors (Lipinski definition) is 2. The molecule has 0 saturated heterocycles. The molecule has 0 amide bonds. The van der Waals surface area contributed by atoms with Crippen molar-refractivity contribution in [1.29, 1.82) is 0 Å². The van der Waals surface area contributed by atoms with E-state index in [9.17, 15) is 0 Å². The van der Waals surface area contributed by atoms with Gasteiger partial charge in [-0.1, -0.05) is 146 Å². The first-order chi connectivity index (χ1) is 26.6. The third-order valence-electron chi connectivity index (χ3n) is 10.8. The number of imidazole rings is 2. The fourth-order valence-electron chi connectivity index (χ4n) is 7.75. The van der Waals surface area contributed by atoms with E-state index in [1.165, 1.54) is 55.3 Å². The Labute approximate surface area is 314 Å². The second-order valence-electron chi connectivity index (χ2n) is 14.1. The van der Waals surface area contributed by atoms with Crippen LogP contribution in [-0.2, 0) is 14.1 Å². The van der Waals surface area contributed by atoms with Gasteiger partial charge < -0.3 is 9.13 Å². The number of benzene rings is 8. The van der Waals surface area contributed by atoms with Gasteiger partial charge in [-0.25, -0.2) is 9.97 Å². The van der Waals surface area contributed by atoms with Crippen molar-refractivity contribution < 1.29 is 0 Å². The highest BCUT2D eigenvalue weighted by Crippen LogP contribution is 2.33. The number of nitrogens with zero attached hydrogens (tertiary/aromatic N) is 4. The second kappa shape index (κ2) is 12.9. The van der Waals surface area contributed by atoms with Gasteiger partial charge in [0.1, 0.15) is 11.6 Å². The van der Waals surface area contributed by atoms with E-state index in [1.807, 2.05) is 12.1 Å². The average molecular weight is 693 g/mol. The first-order valence-electron chi connectivity index (χ1n) is 18.3. The van der Waals surface area contributed by atoms with Gasteiger partial charge in [0.25, 0.3) is 0 Å². The number of aromatic nitrogens is 4. The van der Waals surface area contributed by atoms with E-state index in [0.717, 1.165) is 44.8 Å². The van der Waals surface area contributed by atoms with Gasteiger partial charge >= 0.3 is 0 Å². The molecule has 4 nitrogen and oxygen atoms in total. The summed E-state index contributed by atoms with van der Waals surface area (Å²) in [5.74, 6) is 1.96. The summed E-state index contributed by atoms with van der Waals surface area (Å²) in [6.07, 6.45) is 0. The average Bonchev–Trinajstić information content (AvgIpc) is 3.76. The highest BCUT2D eigenvalue weighted by Gasteiger charge is 2.12. The highest BCUT2D eigenvalue weighted by atomic mass is 15.1. The van der Waals surface area contributed by atoms with Gasteiger partial charge in [-0.2, -0.15) is 0 Å². The Morgan fingerprint density at radius 3 is 0.944 bits per heavy atom. The Kier molecular flexibility index (Phi) is 7.55. The van der Waals surface area contributed by atoms with E-state index >= 15 is 0 Å². The number of aryl methyl sites for hydroxylation is 2. The lowest BCUT2D eigenvalue weighted by Crippen LogP contribution is -1.92. The number of fused-ring (bicyclic) bond motifs is 3. The maximum Gasteiger partial charge on any atom is 0.140 e. The van der Waals surface area contributed by atoms with Crippen LogP contribution < -0.4 is 0 Å². The summed E-state index contributed by atoms with van der Waals surface area (Å²) in [4.78, 5) is 9.73. The molecular formula is C50H36N4. The van der Waals surface area contributed by atoms with Gasteiger partial charge in [0.15, 0.2) is 0 Å². The van der Waals surface area contributed by atoms with Crippen molar-refractivity contribution in [1.82, 2.24) is 19.1 Å². The molecule has 0 fully saturated rings. The third kappa shape index (κ3) is 5.56. The fourth-order valence-corrected chi connectivity index (χ4v) is 7.75. The van der Waals surface area contributed by atoms with Crippen molar-refractivity contribution in [3.8, 4) is 67.3 Å². The van der Waals surface area contributed by atoms with Gasteiger partial charge in [0, 0.05) is 25.2 Å². The van der Waals surface area contributed by atoms with Crippen LogP contribution in [0.25, 0.3) is 100 Å². The standard InChI is InChI=1S/C50H36N4/c1-53-47-9-5-3-7-45(47)51-49(53)40-25-19-35(20-26-40)33-11-15-37(16-12-33)42-29-23-39-24-30-43(32-44(39)31-42)38-17-13-34(14-18-38)36-21-27-41(28-22-36)50-52-46-8-4-6-10-48(46)54(50)2/h3-32H,1-2H3. The van der Waals surface area contributed by atoms with Crippen LogP contribution in [-0.4, -0.2) is 19.1 Å². The van der Waals surface area contributed by atoms with Crippen molar-refractivity contribution in [3.05, 3.63) is 182 Å². The maximum absolute atomic E-state index is 4.87. The molecule has 0 aliphatic heterocycles. The Morgan fingerprint density at radius 1 is 0.296 bits per heavy atom. The second-order valence-corrected chi connectivity index (χ2v) is 14.1. The third-order valence-corrected chi connectivity index (χ3v) is 10.8. The molecule has 0 atom stereocenters. The molecule has 4 heteroatoms. The van der Waals surface area contributed by atoms with Crippen molar-refractivity contribution in [3.63, 3.8) is 0 Å². The normalized spacial score (nSPS) is 11.5. The molecular weight excluding hydrogens is 657 g/mol. The summed E-state index contributed by atoms with van der Waals surface area (Å²) in [6, 6.07) is 65.2. The molecule has 2 aromatic heterocycles. The van der Waals surface area contributed by atoms with Gasteiger partial charge in [0.2, 0.25) is 0 Å². The minimum Gasteiger partial charge on any atom is -0.327 e. The van der Waals surface area contributed by atoms with Gasteiger partial charge in [-0.15, -0.1) is 0 Å². The van der Waals surface area contributed by atoms with Gasteiger partial charge in [-0.3, -0.25) is 0 Å². The number of hydrogen-bond donors (Lipinski definition) is 0. The zero-order valence-electron chi connectivity index (χ0n) is 30.1. The monoisotopic (exact) mass is 692 g/mol. The van der Waals surface area contributed by atoms with Crippen LogP contribution in [0.1, 0.15) is 0 Å². The largest absolute Gasteiger partial charge is 0.327 e. The van der Waals surface area contributed by atoms with Crippen molar-refractivity contribution in [2.24, 2.45) is 14.1 Å². The molecule has 0 bridgehead atoms. The molecule has 8 aromatic carbocycles. The lowest BCUT2D eigenvalue weighted by atomic mass is 9.95. The first kappa shape index (κ1) is 31.7. The molecule has 54 heavy (non-hydrogen) atoms. The van der Waals surface area contributed by atoms with E-state index < -0.39 is 0 Å². The molecule has 256 valence electrons. The Morgan fingerprint density at radius 2 is 0.593 bits per heavy atom. The van der Waals surface area contributed by atoms with Crippen LogP contribution in [0.5, 0.6) is 0 Å². The first-order valence-corrected chi connectivity index (χ1v) is 18.3. The predicted molar refractivity (Wildman–Crippen MR) is 225 cm³/mol. The lowest BCUT2D eigenvalue weighted by molar-refractivity contribution is 0.959. The van der Waals surface area contributed by atoms with Crippen molar-refractivity contribution in [2.45, 2.75) is 0 Å². The topological polar surface area (TPSA) is 35.6 Å². The van der Waals surface area contributed by atoms with Crippen LogP contribution >= 0.6 is 0 Å².